The van der Waals surface area contributed by atoms with Crippen LogP contribution in [0.25, 0.3) is 11.1 Å². The molecule has 1 unspecified atom stereocenters. The number of carbonyl (C=O) groups excluding carboxylic acids is 1. The molecule has 3 heterocycles. The van der Waals surface area contributed by atoms with E-state index in [0.717, 1.165) is 12.8 Å². The first-order chi connectivity index (χ1) is 14.0. The minimum Gasteiger partial charge on any atom is -0.347 e. The molecule has 0 saturated carbocycles. The van der Waals surface area contributed by atoms with Gasteiger partial charge in [-0.25, -0.2) is 14.4 Å². The third kappa shape index (κ3) is 3.57. The highest BCUT2D eigenvalue weighted by Crippen LogP contribution is 2.38. The zero-order chi connectivity index (χ0) is 20.5. The van der Waals surface area contributed by atoms with Gasteiger partial charge in [-0.15, -0.1) is 0 Å². The first-order valence-corrected chi connectivity index (χ1v) is 9.54. The minimum atomic E-state index is -0.335. The summed E-state index contributed by atoms with van der Waals surface area (Å²) >= 11 is 0. The van der Waals surface area contributed by atoms with Gasteiger partial charge in [0.25, 0.3) is 5.91 Å². The van der Waals surface area contributed by atoms with Crippen molar-refractivity contribution in [3.8, 4) is 11.1 Å². The summed E-state index contributed by atoms with van der Waals surface area (Å²) in [6.07, 6.45) is 6.55. The van der Waals surface area contributed by atoms with Gasteiger partial charge in [0.05, 0.1) is 23.5 Å². The van der Waals surface area contributed by atoms with Gasteiger partial charge in [-0.1, -0.05) is 18.2 Å². The lowest BCUT2D eigenvalue weighted by Crippen LogP contribution is -2.31. The highest BCUT2D eigenvalue weighted by molar-refractivity contribution is 5.94. The Morgan fingerprint density at radius 1 is 1.21 bits per heavy atom. The maximum Gasteiger partial charge on any atom is 0.257 e. The van der Waals surface area contributed by atoms with Crippen LogP contribution in [0.5, 0.6) is 0 Å². The van der Waals surface area contributed by atoms with E-state index < -0.39 is 0 Å². The number of hydrogen-bond donors (Lipinski definition) is 0. The van der Waals surface area contributed by atoms with E-state index in [1.807, 2.05) is 19.0 Å². The minimum absolute atomic E-state index is 0.0925. The average molecular weight is 394 g/mol. The van der Waals surface area contributed by atoms with Crippen LogP contribution in [0.3, 0.4) is 0 Å². The number of halogens is 1. The lowest BCUT2D eigenvalue weighted by atomic mass is 9.99. The number of benzene rings is 1. The number of hydrogen-bond acceptors (Lipinski definition) is 5. The van der Waals surface area contributed by atoms with Crippen LogP contribution in [-0.4, -0.2) is 51.2 Å². The van der Waals surface area contributed by atoms with Crippen LogP contribution in [0.4, 0.5) is 10.3 Å². The topological polar surface area (TPSA) is 67.2 Å². The number of aromatic nitrogens is 4. The van der Waals surface area contributed by atoms with Crippen molar-refractivity contribution in [3.63, 3.8) is 0 Å². The van der Waals surface area contributed by atoms with Gasteiger partial charge in [0.15, 0.2) is 0 Å². The Hall–Kier alpha value is -3.29. The molecule has 1 aromatic carbocycles. The molecule has 8 heteroatoms. The Morgan fingerprint density at radius 2 is 2.00 bits per heavy atom. The molecule has 4 rings (SSSR count). The second-order valence-corrected chi connectivity index (χ2v) is 7.40. The highest BCUT2D eigenvalue weighted by atomic mass is 19.1. The van der Waals surface area contributed by atoms with Crippen molar-refractivity contribution < 1.29 is 9.18 Å². The van der Waals surface area contributed by atoms with E-state index in [1.165, 1.54) is 6.07 Å². The molecular weight excluding hydrogens is 371 g/mol. The van der Waals surface area contributed by atoms with Crippen molar-refractivity contribution in [1.82, 2.24) is 24.6 Å². The van der Waals surface area contributed by atoms with Crippen LogP contribution in [-0.2, 0) is 7.05 Å². The Kier molecular flexibility index (Phi) is 5.00. The summed E-state index contributed by atoms with van der Waals surface area (Å²) in [7, 11) is 5.49. The van der Waals surface area contributed by atoms with E-state index in [1.54, 1.807) is 53.4 Å². The van der Waals surface area contributed by atoms with Crippen LogP contribution in [0.15, 0.2) is 42.9 Å². The van der Waals surface area contributed by atoms with Crippen LogP contribution in [0, 0.1) is 5.82 Å². The number of likely N-dealkylation sites (tertiary alicyclic amines) is 1. The van der Waals surface area contributed by atoms with Crippen molar-refractivity contribution in [3.05, 3.63) is 59.9 Å². The maximum absolute atomic E-state index is 14.6. The summed E-state index contributed by atoms with van der Waals surface area (Å²) in [5.74, 6) is 0.101. The van der Waals surface area contributed by atoms with Gasteiger partial charge in [0.1, 0.15) is 5.82 Å². The molecule has 1 aliphatic heterocycles. The molecule has 0 radical (unpaired) electrons. The largest absolute Gasteiger partial charge is 0.347 e. The molecule has 1 fully saturated rings. The van der Waals surface area contributed by atoms with E-state index >= 15 is 0 Å². The molecule has 3 aromatic rings. The fourth-order valence-corrected chi connectivity index (χ4v) is 3.73. The fourth-order valence-electron chi connectivity index (χ4n) is 3.73. The number of aryl methyl sites for hydroxylation is 1. The lowest BCUT2D eigenvalue weighted by molar-refractivity contribution is 0.0733. The molecule has 150 valence electrons. The number of amides is 1. The smallest absolute Gasteiger partial charge is 0.257 e. The molecule has 7 nitrogen and oxygen atoms in total. The van der Waals surface area contributed by atoms with Crippen molar-refractivity contribution >= 4 is 11.9 Å². The number of carbonyl (C=O) groups is 1. The lowest BCUT2D eigenvalue weighted by Gasteiger charge is -2.26. The summed E-state index contributed by atoms with van der Waals surface area (Å²) in [4.78, 5) is 25.9. The van der Waals surface area contributed by atoms with Crippen LogP contribution in [0.1, 0.15) is 34.9 Å². The number of rotatable bonds is 4. The second-order valence-electron chi connectivity index (χ2n) is 7.40. The predicted octanol–water partition coefficient (Wildman–Crippen LogP) is 3.06. The first-order valence-electron chi connectivity index (χ1n) is 9.54. The van der Waals surface area contributed by atoms with Gasteiger partial charge in [-0.2, -0.15) is 5.10 Å². The molecule has 0 bridgehead atoms. The van der Waals surface area contributed by atoms with Crippen molar-refractivity contribution in [2.45, 2.75) is 18.9 Å². The normalized spacial score (nSPS) is 16.3. The van der Waals surface area contributed by atoms with Crippen LogP contribution >= 0.6 is 0 Å². The quantitative estimate of drug-likeness (QED) is 0.680. The first kappa shape index (κ1) is 19.0. The molecule has 2 aromatic heterocycles. The zero-order valence-electron chi connectivity index (χ0n) is 16.7. The Labute approximate surface area is 168 Å². The fraction of sp³-hybridized carbons (Fsp3) is 0.333. The predicted molar refractivity (Wildman–Crippen MR) is 108 cm³/mol. The molecule has 0 spiro atoms. The van der Waals surface area contributed by atoms with Gasteiger partial charge in [-0.3, -0.25) is 9.48 Å². The van der Waals surface area contributed by atoms with E-state index in [9.17, 15) is 9.18 Å². The molecule has 29 heavy (non-hydrogen) atoms. The molecule has 1 aliphatic rings. The summed E-state index contributed by atoms with van der Waals surface area (Å²) in [5.41, 5.74) is 2.26. The Morgan fingerprint density at radius 3 is 2.69 bits per heavy atom. The van der Waals surface area contributed by atoms with Crippen molar-refractivity contribution in [2.75, 3.05) is 25.5 Å². The SMILES string of the molecule is CN(C)c1ncc(-c2ccccc2F)c(C2CCCN2C(=O)c2cnn(C)c2)n1. The molecule has 0 aliphatic carbocycles. The summed E-state index contributed by atoms with van der Waals surface area (Å²) in [6.45, 7) is 0.621. The van der Waals surface area contributed by atoms with Crippen molar-refractivity contribution in [2.24, 2.45) is 7.05 Å². The molecule has 1 amide bonds. The molecular formula is C21H23FN6O. The zero-order valence-corrected chi connectivity index (χ0v) is 16.7. The maximum atomic E-state index is 14.6. The molecule has 1 atom stereocenters. The standard InChI is InChI=1S/C21H23FN6O/c1-26(2)21-23-12-16(15-7-4-5-8-17(15)22)19(25-21)18-9-6-10-28(18)20(29)14-11-24-27(3)13-14/h4-5,7-8,11-13,18H,6,9-10H2,1-3H3. The molecule has 1 saturated heterocycles. The van der Waals surface area contributed by atoms with Gasteiger partial charge in [0, 0.05) is 51.2 Å². The van der Waals surface area contributed by atoms with E-state index in [-0.39, 0.29) is 17.8 Å². The monoisotopic (exact) mass is 394 g/mol. The highest BCUT2D eigenvalue weighted by Gasteiger charge is 2.34. The third-order valence-corrected chi connectivity index (χ3v) is 5.15. The van der Waals surface area contributed by atoms with E-state index in [2.05, 4.69) is 10.1 Å². The van der Waals surface area contributed by atoms with Crippen LogP contribution < -0.4 is 4.90 Å². The Balaban J connectivity index is 1.80. The van der Waals surface area contributed by atoms with Gasteiger partial charge in [-0.05, 0) is 18.9 Å². The van der Waals surface area contributed by atoms with Gasteiger partial charge >= 0.3 is 0 Å². The summed E-state index contributed by atoms with van der Waals surface area (Å²) in [6, 6.07) is 6.33. The van der Waals surface area contributed by atoms with Crippen molar-refractivity contribution in [1.29, 1.82) is 0 Å². The molecule has 0 N–H and O–H groups in total. The summed E-state index contributed by atoms with van der Waals surface area (Å²) in [5, 5.41) is 4.11. The van der Waals surface area contributed by atoms with Crippen LogP contribution in [0.2, 0.25) is 0 Å². The summed E-state index contributed by atoms with van der Waals surface area (Å²) < 4.78 is 16.2. The van der Waals surface area contributed by atoms with E-state index in [0.29, 0.717) is 34.9 Å². The average Bonchev–Trinajstić information content (AvgIpc) is 3.36. The number of nitrogens with zero attached hydrogens (tertiary/aromatic N) is 6. The van der Waals surface area contributed by atoms with E-state index in [4.69, 9.17) is 4.98 Å². The third-order valence-electron chi connectivity index (χ3n) is 5.15. The van der Waals surface area contributed by atoms with Gasteiger partial charge in [0.2, 0.25) is 5.95 Å². The van der Waals surface area contributed by atoms with Gasteiger partial charge < -0.3 is 9.80 Å². The Bertz CT molecular complexity index is 1050. The number of anilines is 1. The second kappa shape index (κ2) is 7.62.